The summed E-state index contributed by atoms with van der Waals surface area (Å²) in [5, 5.41) is 0. The monoisotopic (exact) mass is 316 g/mol. The quantitative estimate of drug-likeness (QED) is 0.670. The topological polar surface area (TPSA) is 89.0 Å². The lowest BCUT2D eigenvalue weighted by molar-refractivity contribution is 0.589. The molecule has 0 aliphatic carbocycles. The van der Waals surface area contributed by atoms with Crippen LogP contribution in [0.4, 0.5) is 0 Å². The molecule has 72 valence electrons. The Morgan fingerprint density at radius 1 is 1.46 bits per heavy atom. The van der Waals surface area contributed by atoms with Crippen LogP contribution in [0.3, 0.4) is 0 Å². The Morgan fingerprint density at radius 3 is 2.46 bits per heavy atom. The summed E-state index contributed by atoms with van der Waals surface area (Å²) in [6.07, 6.45) is 1.86. The minimum atomic E-state index is -3.64. The van der Waals surface area contributed by atoms with Crippen LogP contribution in [0.2, 0.25) is 0 Å². The smallest absolute Gasteiger partial charge is 0.272 e. The number of nitrogens with one attached hydrogen (secondary N) is 1. The molecule has 0 fully saturated rings. The SMILES string of the molecule is CS(=O)(=O)n1cc(I)c(=O)[nH]c1=O. The van der Waals surface area contributed by atoms with Gasteiger partial charge in [0, 0.05) is 6.20 Å². The van der Waals surface area contributed by atoms with E-state index in [4.69, 9.17) is 0 Å². The number of hydrogen-bond donors (Lipinski definition) is 1. The Bertz CT molecular complexity index is 540. The Hall–Kier alpha value is -0.640. The lowest BCUT2D eigenvalue weighted by Gasteiger charge is -2.00. The minimum absolute atomic E-state index is 0.141. The predicted molar refractivity (Wildman–Crippen MR) is 54.3 cm³/mol. The summed E-state index contributed by atoms with van der Waals surface area (Å²) < 4.78 is 22.5. The van der Waals surface area contributed by atoms with Crippen LogP contribution in [0.25, 0.3) is 0 Å². The van der Waals surface area contributed by atoms with Gasteiger partial charge in [-0.1, -0.05) is 0 Å². The molecule has 0 bridgehead atoms. The zero-order chi connectivity index (χ0) is 10.2. The highest BCUT2D eigenvalue weighted by Gasteiger charge is 2.09. The van der Waals surface area contributed by atoms with Gasteiger partial charge in [0.15, 0.2) is 0 Å². The van der Waals surface area contributed by atoms with Gasteiger partial charge >= 0.3 is 5.69 Å². The van der Waals surface area contributed by atoms with Crippen molar-refractivity contribution in [1.82, 2.24) is 8.96 Å². The van der Waals surface area contributed by atoms with E-state index < -0.39 is 21.3 Å². The lowest BCUT2D eigenvalue weighted by atomic mass is 10.7. The van der Waals surface area contributed by atoms with Crippen molar-refractivity contribution in [2.24, 2.45) is 0 Å². The van der Waals surface area contributed by atoms with Gasteiger partial charge < -0.3 is 0 Å². The average Bonchev–Trinajstić information content (AvgIpc) is 1.94. The van der Waals surface area contributed by atoms with Crippen LogP contribution >= 0.6 is 22.6 Å². The Balaban J connectivity index is 3.70. The van der Waals surface area contributed by atoms with Gasteiger partial charge in [0.25, 0.3) is 5.56 Å². The van der Waals surface area contributed by atoms with Crippen LogP contribution < -0.4 is 11.2 Å². The van der Waals surface area contributed by atoms with Crippen molar-refractivity contribution in [3.8, 4) is 0 Å². The summed E-state index contributed by atoms with van der Waals surface area (Å²) in [4.78, 5) is 23.7. The third-order valence-electron chi connectivity index (χ3n) is 1.23. The first-order valence-electron chi connectivity index (χ1n) is 3.04. The van der Waals surface area contributed by atoms with Crippen LogP contribution in [0.1, 0.15) is 0 Å². The fourth-order valence-corrected chi connectivity index (χ4v) is 1.92. The molecule has 0 atom stereocenters. The average molecular weight is 316 g/mol. The molecule has 0 unspecified atom stereocenters. The number of aromatic amines is 1. The maximum absolute atomic E-state index is 11.0. The van der Waals surface area contributed by atoms with E-state index in [1.807, 2.05) is 4.98 Å². The Labute approximate surface area is 86.8 Å². The fraction of sp³-hybridized carbons (Fsp3) is 0.200. The number of aromatic nitrogens is 2. The van der Waals surface area contributed by atoms with Gasteiger partial charge in [-0.05, 0) is 22.6 Å². The first-order chi connectivity index (χ1) is 5.82. The van der Waals surface area contributed by atoms with Gasteiger partial charge in [0.05, 0.1) is 9.83 Å². The molecule has 1 rings (SSSR count). The summed E-state index contributed by atoms with van der Waals surface area (Å²) in [7, 11) is -3.64. The summed E-state index contributed by atoms with van der Waals surface area (Å²) in [6.45, 7) is 0. The third kappa shape index (κ3) is 2.18. The van der Waals surface area contributed by atoms with E-state index in [0.717, 1.165) is 12.5 Å². The van der Waals surface area contributed by atoms with Crippen molar-refractivity contribution >= 4 is 32.6 Å². The maximum atomic E-state index is 11.0. The molecule has 13 heavy (non-hydrogen) atoms. The molecule has 8 heteroatoms. The van der Waals surface area contributed by atoms with Gasteiger partial charge in [-0.25, -0.2) is 13.2 Å². The summed E-state index contributed by atoms with van der Waals surface area (Å²) in [6, 6.07) is 0. The minimum Gasteiger partial charge on any atom is -0.272 e. The molecular weight excluding hydrogens is 311 g/mol. The van der Waals surface area contributed by atoms with E-state index in [1.165, 1.54) is 0 Å². The molecule has 1 aromatic heterocycles. The molecular formula is C5H5IN2O4S. The first-order valence-corrected chi connectivity index (χ1v) is 5.97. The molecule has 1 aromatic rings. The van der Waals surface area contributed by atoms with Crippen molar-refractivity contribution in [1.29, 1.82) is 0 Å². The van der Waals surface area contributed by atoms with Gasteiger partial charge in [-0.15, -0.1) is 0 Å². The van der Waals surface area contributed by atoms with Crippen molar-refractivity contribution < 1.29 is 8.42 Å². The zero-order valence-corrected chi connectivity index (χ0v) is 9.42. The second-order valence-corrected chi connectivity index (χ2v) is 5.32. The molecule has 0 saturated carbocycles. The van der Waals surface area contributed by atoms with Crippen LogP contribution in [-0.4, -0.2) is 23.6 Å². The standard InChI is InChI=1S/C5H5IN2O4S/c1-13(11,12)8-2-3(6)4(9)7-5(8)10/h2H,1H3,(H,7,9,10). The number of nitrogens with zero attached hydrogens (tertiary/aromatic N) is 1. The number of hydrogen-bond acceptors (Lipinski definition) is 4. The summed E-state index contributed by atoms with van der Waals surface area (Å²) in [5.41, 5.74) is -1.54. The van der Waals surface area contributed by atoms with E-state index in [-0.39, 0.29) is 3.57 Å². The molecule has 1 N–H and O–H groups in total. The van der Waals surface area contributed by atoms with Crippen molar-refractivity contribution in [2.75, 3.05) is 6.26 Å². The number of halogens is 1. The summed E-state index contributed by atoms with van der Waals surface area (Å²) in [5.74, 6) is 0. The third-order valence-corrected chi connectivity index (χ3v) is 2.98. The summed E-state index contributed by atoms with van der Waals surface area (Å²) >= 11 is 1.64. The molecule has 0 aliphatic rings. The highest BCUT2D eigenvalue weighted by molar-refractivity contribution is 14.1. The van der Waals surface area contributed by atoms with Crippen LogP contribution in [-0.2, 0) is 10.0 Å². The highest BCUT2D eigenvalue weighted by Crippen LogP contribution is 1.94. The van der Waals surface area contributed by atoms with Crippen LogP contribution in [0.5, 0.6) is 0 Å². The van der Waals surface area contributed by atoms with Gasteiger partial charge in [0.2, 0.25) is 10.0 Å². The Kier molecular flexibility index (Phi) is 2.61. The Morgan fingerprint density at radius 2 is 2.00 bits per heavy atom. The predicted octanol–water partition coefficient (Wildman–Crippen LogP) is -1.05. The van der Waals surface area contributed by atoms with Crippen molar-refractivity contribution in [3.63, 3.8) is 0 Å². The maximum Gasteiger partial charge on any atom is 0.342 e. The highest BCUT2D eigenvalue weighted by atomic mass is 127. The molecule has 6 nitrogen and oxygen atoms in total. The van der Waals surface area contributed by atoms with Crippen molar-refractivity contribution in [2.45, 2.75) is 0 Å². The lowest BCUT2D eigenvalue weighted by Crippen LogP contribution is -2.34. The van der Waals surface area contributed by atoms with E-state index in [9.17, 15) is 18.0 Å². The molecule has 0 aliphatic heterocycles. The molecule has 0 spiro atoms. The van der Waals surface area contributed by atoms with E-state index in [1.54, 1.807) is 22.6 Å². The molecule has 0 saturated heterocycles. The van der Waals surface area contributed by atoms with E-state index in [0.29, 0.717) is 3.97 Å². The van der Waals surface area contributed by atoms with Crippen molar-refractivity contribution in [3.05, 3.63) is 30.6 Å². The normalized spacial score (nSPS) is 11.5. The second kappa shape index (κ2) is 3.25. The zero-order valence-electron chi connectivity index (χ0n) is 6.44. The van der Waals surface area contributed by atoms with Gasteiger partial charge in [-0.2, -0.15) is 3.97 Å². The van der Waals surface area contributed by atoms with Crippen LogP contribution in [0, 0.1) is 3.57 Å². The second-order valence-electron chi connectivity index (χ2n) is 2.30. The van der Waals surface area contributed by atoms with E-state index >= 15 is 0 Å². The molecule has 0 aromatic carbocycles. The van der Waals surface area contributed by atoms with E-state index in [2.05, 4.69) is 0 Å². The number of rotatable bonds is 1. The van der Waals surface area contributed by atoms with Crippen LogP contribution in [0.15, 0.2) is 15.8 Å². The molecule has 0 radical (unpaired) electrons. The first kappa shape index (κ1) is 10.4. The van der Waals surface area contributed by atoms with Gasteiger partial charge in [-0.3, -0.25) is 9.78 Å². The largest absolute Gasteiger partial charge is 0.342 e. The van der Waals surface area contributed by atoms with Gasteiger partial charge in [0.1, 0.15) is 0 Å². The molecule has 0 amide bonds. The molecule has 1 heterocycles. The number of H-pyrrole nitrogens is 1. The fourth-order valence-electron chi connectivity index (χ4n) is 0.678.